The fourth-order valence-electron chi connectivity index (χ4n) is 1.48. The Morgan fingerprint density at radius 3 is 2.87 bits per heavy atom. The summed E-state index contributed by atoms with van der Waals surface area (Å²) in [4.78, 5) is 14.6. The van der Waals surface area contributed by atoms with Crippen LogP contribution in [0.15, 0.2) is 29.4 Å². The highest BCUT2D eigenvalue weighted by Crippen LogP contribution is 2.18. The van der Waals surface area contributed by atoms with E-state index in [4.69, 9.17) is 5.41 Å². The number of benzene rings is 1. The zero-order valence-corrected chi connectivity index (χ0v) is 8.06. The van der Waals surface area contributed by atoms with E-state index in [9.17, 15) is 4.91 Å². The highest BCUT2D eigenvalue weighted by Gasteiger charge is 2.11. The van der Waals surface area contributed by atoms with Crippen LogP contribution in [0.4, 0.5) is 0 Å². The van der Waals surface area contributed by atoms with E-state index in [1.54, 1.807) is 11.6 Å². The number of nitrogens with zero attached hydrogens (tertiary/aromatic N) is 3. The molecule has 0 saturated heterocycles. The molecule has 2 rings (SSSR count). The predicted octanol–water partition coefficient (Wildman–Crippen LogP) is 1.93. The van der Waals surface area contributed by atoms with Crippen molar-refractivity contribution in [2.75, 3.05) is 0 Å². The Labute approximate surface area is 85.5 Å². The van der Waals surface area contributed by atoms with Gasteiger partial charge in [-0.25, -0.2) is 4.98 Å². The number of hydrogen-bond donors (Lipinski definition) is 1. The number of nitrogens with one attached hydrogen (secondary N) is 1. The number of para-hydroxylation sites is 2. The molecule has 0 atom stereocenters. The molecule has 5 heteroatoms. The van der Waals surface area contributed by atoms with Crippen LogP contribution in [0, 0.1) is 10.3 Å². The van der Waals surface area contributed by atoms with Gasteiger partial charge in [0.15, 0.2) is 5.82 Å². The summed E-state index contributed by atoms with van der Waals surface area (Å²) in [5.41, 5.74) is 1.57. The van der Waals surface area contributed by atoms with Crippen LogP contribution in [0.1, 0.15) is 5.82 Å². The van der Waals surface area contributed by atoms with Gasteiger partial charge >= 0.3 is 0 Å². The first-order chi connectivity index (χ1) is 7.27. The lowest BCUT2D eigenvalue weighted by molar-refractivity contribution is 0.919. The minimum atomic E-state index is -0.0892. The first kappa shape index (κ1) is 9.30. The lowest BCUT2D eigenvalue weighted by atomic mass is 10.3. The van der Waals surface area contributed by atoms with Crippen molar-refractivity contribution in [2.45, 2.75) is 0 Å². The van der Waals surface area contributed by atoms with Gasteiger partial charge in [-0.1, -0.05) is 12.1 Å². The topological polar surface area (TPSA) is 71.1 Å². The second-order valence-corrected chi connectivity index (χ2v) is 3.05. The number of imidazole rings is 1. The second kappa shape index (κ2) is 3.48. The number of fused-ring (bicyclic) bond motifs is 1. The molecule has 0 amide bonds. The first-order valence-electron chi connectivity index (χ1n) is 4.33. The molecule has 1 heterocycles. The van der Waals surface area contributed by atoms with Crippen molar-refractivity contribution in [1.29, 1.82) is 5.41 Å². The summed E-state index contributed by atoms with van der Waals surface area (Å²) in [7, 11) is 1.77. The van der Waals surface area contributed by atoms with Crippen molar-refractivity contribution in [3.8, 4) is 0 Å². The Morgan fingerprint density at radius 1 is 1.53 bits per heavy atom. The lowest BCUT2D eigenvalue weighted by Crippen LogP contribution is -1.95. The molecule has 0 saturated carbocycles. The van der Waals surface area contributed by atoms with Crippen molar-refractivity contribution in [1.82, 2.24) is 9.55 Å². The summed E-state index contributed by atoms with van der Waals surface area (Å²) in [6.07, 6.45) is 0. The van der Waals surface area contributed by atoms with Crippen molar-refractivity contribution in [3.63, 3.8) is 0 Å². The highest BCUT2D eigenvalue weighted by molar-refractivity contribution is 5.89. The maximum Gasteiger partial charge on any atom is 0.211 e. The summed E-state index contributed by atoms with van der Waals surface area (Å²) < 4.78 is 1.72. The third kappa shape index (κ3) is 1.35. The van der Waals surface area contributed by atoms with Gasteiger partial charge in [0.05, 0.1) is 11.0 Å². The molecule has 0 aliphatic heterocycles. The van der Waals surface area contributed by atoms with Crippen LogP contribution < -0.4 is 0 Å². The van der Waals surface area contributed by atoms with E-state index in [1.165, 1.54) is 0 Å². The van der Waals surface area contributed by atoms with Gasteiger partial charge in [0.2, 0.25) is 5.70 Å². The molecule has 1 N–H and O–H groups in total. The molecular formula is C10H8N4O. The van der Waals surface area contributed by atoms with Crippen molar-refractivity contribution in [3.05, 3.63) is 35.0 Å². The molecule has 0 unspecified atom stereocenters. The van der Waals surface area contributed by atoms with Crippen LogP contribution in [-0.4, -0.2) is 15.4 Å². The lowest BCUT2D eigenvalue weighted by Gasteiger charge is -1.96. The van der Waals surface area contributed by atoms with Gasteiger partial charge in [0, 0.05) is 12.9 Å². The van der Waals surface area contributed by atoms with E-state index >= 15 is 0 Å². The number of aryl methyl sites for hydroxylation is 1. The highest BCUT2D eigenvalue weighted by atomic mass is 16.3. The summed E-state index contributed by atoms with van der Waals surface area (Å²) in [5.74, 6) is 2.34. The van der Waals surface area contributed by atoms with Crippen molar-refractivity contribution in [2.24, 2.45) is 12.2 Å². The number of aromatic nitrogens is 2. The fraction of sp³-hybridized carbons (Fsp3) is 0.100. The molecule has 0 fully saturated rings. The second-order valence-electron chi connectivity index (χ2n) is 3.05. The molecule has 5 nitrogen and oxygen atoms in total. The molecule has 0 radical (unpaired) electrons. The molecule has 0 bridgehead atoms. The quantitative estimate of drug-likeness (QED) is 0.594. The van der Waals surface area contributed by atoms with E-state index in [0.29, 0.717) is 5.82 Å². The first-order valence-corrected chi connectivity index (χ1v) is 4.33. The zero-order chi connectivity index (χ0) is 10.8. The molecule has 0 aliphatic rings. The molecule has 15 heavy (non-hydrogen) atoms. The Morgan fingerprint density at radius 2 is 2.27 bits per heavy atom. The molecule has 0 spiro atoms. The monoisotopic (exact) mass is 200 g/mol. The van der Waals surface area contributed by atoms with E-state index in [0.717, 1.165) is 11.0 Å². The maximum atomic E-state index is 10.4. The average Bonchev–Trinajstić information content (AvgIpc) is 2.60. The predicted molar refractivity (Wildman–Crippen MR) is 57.6 cm³/mol. The van der Waals surface area contributed by atoms with Gasteiger partial charge in [-0.05, 0) is 17.3 Å². The molecule has 2 aromatic rings. The fourth-order valence-corrected chi connectivity index (χ4v) is 1.48. The maximum absolute atomic E-state index is 10.4. The van der Waals surface area contributed by atoms with Gasteiger partial charge in [-0.3, -0.25) is 5.41 Å². The number of rotatable bonds is 2. The van der Waals surface area contributed by atoms with Gasteiger partial charge in [-0.15, -0.1) is 4.91 Å². The summed E-state index contributed by atoms with van der Waals surface area (Å²) in [5, 5.41) is 9.65. The van der Waals surface area contributed by atoms with Crippen molar-refractivity contribution < 1.29 is 0 Å². The SMILES string of the molecule is Cn1c(C(=C=N)N=O)nc2ccccc21. The standard InChI is InChI=1S/C10H8N4O/c1-14-9-5-3-2-4-7(9)12-10(14)8(6-11)13-15/h2-5,11H,1H3. The summed E-state index contributed by atoms with van der Waals surface area (Å²) >= 11 is 0. The van der Waals surface area contributed by atoms with Gasteiger partial charge in [0.1, 0.15) is 0 Å². The molecule has 74 valence electrons. The Balaban J connectivity index is 2.78. The van der Waals surface area contributed by atoms with E-state index in [1.807, 2.05) is 30.1 Å². The minimum absolute atomic E-state index is 0.0892. The van der Waals surface area contributed by atoms with Crippen LogP contribution >= 0.6 is 0 Å². The third-order valence-corrected chi connectivity index (χ3v) is 2.21. The molecule has 1 aromatic heterocycles. The Hall–Kier alpha value is -2.26. The van der Waals surface area contributed by atoms with Crippen molar-refractivity contribution >= 4 is 22.6 Å². The number of hydrogen-bond acceptors (Lipinski definition) is 4. The molecule has 1 aromatic carbocycles. The minimum Gasteiger partial charge on any atom is -0.325 e. The van der Waals surface area contributed by atoms with Gasteiger partial charge in [0.25, 0.3) is 0 Å². The van der Waals surface area contributed by atoms with Crippen LogP contribution in [0.25, 0.3) is 16.7 Å². The molecule has 0 aliphatic carbocycles. The van der Waals surface area contributed by atoms with Gasteiger partial charge < -0.3 is 4.57 Å². The van der Waals surface area contributed by atoms with Crippen LogP contribution in [0.2, 0.25) is 0 Å². The third-order valence-electron chi connectivity index (χ3n) is 2.21. The van der Waals surface area contributed by atoms with E-state index < -0.39 is 0 Å². The largest absolute Gasteiger partial charge is 0.325 e. The smallest absolute Gasteiger partial charge is 0.211 e. The molecular weight excluding hydrogens is 192 g/mol. The summed E-state index contributed by atoms with van der Waals surface area (Å²) in [6, 6.07) is 7.47. The summed E-state index contributed by atoms with van der Waals surface area (Å²) in [6.45, 7) is 0. The average molecular weight is 200 g/mol. The normalized spacial score (nSPS) is 9.93. The van der Waals surface area contributed by atoms with E-state index in [-0.39, 0.29) is 5.70 Å². The van der Waals surface area contributed by atoms with Crippen LogP contribution in [0.3, 0.4) is 0 Å². The van der Waals surface area contributed by atoms with E-state index in [2.05, 4.69) is 10.2 Å². The van der Waals surface area contributed by atoms with Crippen LogP contribution in [0.5, 0.6) is 0 Å². The van der Waals surface area contributed by atoms with Gasteiger partial charge in [-0.2, -0.15) is 0 Å². The van der Waals surface area contributed by atoms with Crippen LogP contribution in [-0.2, 0) is 7.05 Å². The number of nitroso groups, excluding NO2 is 1. The Kier molecular flexibility index (Phi) is 2.15. The Bertz CT molecular complexity index is 578. The zero-order valence-electron chi connectivity index (χ0n) is 8.06.